The number of carbonyl (C=O) groups is 2. The van der Waals surface area contributed by atoms with Crippen molar-refractivity contribution < 1.29 is 28.5 Å². The second kappa shape index (κ2) is 15.1. The Morgan fingerprint density at radius 1 is 0.744 bits per heavy atom. The largest absolute Gasteiger partial charge is 0.496 e. The van der Waals surface area contributed by atoms with Gasteiger partial charge in [-0.2, -0.15) is 10.2 Å². The van der Waals surface area contributed by atoms with Gasteiger partial charge in [0.15, 0.2) is 11.5 Å². The van der Waals surface area contributed by atoms with Crippen LogP contribution in [0.5, 0.6) is 23.0 Å². The van der Waals surface area contributed by atoms with Crippen LogP contribution >= 0.6 is 11.3 Å². The smallest absolute Gasteiger partial charge is 0.285 e. The number of thiophene rings is 1. The lowest BCUT2D eigenvalue weighted by Crippen LogP contribution is -2.17. The molecule has 0 radical (unpaired) electrons. The van der Waals surface area contributed by atoms with Crippen LogP contribution in [0, 0.1) is 0 Å². The molecular formula is C28H32N4O6S. The zero-order valence-corrected chi connectivity index (χ0v) is 23.2. The molecule has 3 aromatic rings. The van der Waals surface area contributed by atoms with E-state index in [1.165, 1.54) is 12.4 Å². The highest BCUT2D eigenvalue weighted by molar-refractivity contribution is 7.16. The average Bonchev–Trinajstić information content (AvgIpc) is 3.33. The van der Waals surface area contributed by atoms with Crippen LogP contribution in [0.15, 0.2) is 58.7 Å². The molecule has 2 amide bonds. The summed E-state index contributed by atoms with van der Waals surface area (Å²) in [5.41, 5.74) is 6.38. The summed E-state index contributed by atoms with van der Waals surface area (Å²) in [7, 11) is 3.11. The van der Waals surface area contributed by atoms with Crippen LogP contribution in [-0.4, -0.2) is 51.7 Å². The van der Waals surface area contributed by atoms with Gasteiger partial charge < -0.3 is 18.9 Å². The minimum atomic E-state index is -0.546. The molecule has 0 aliphatic heterocycles. The molecule has 2 aromatic carbocycles. The molecule has 0 aliphatic carbocycles. The topological polar surface area (TPSA) is 120 Å². The Hall–Kier alpha value is -4.38. The minimum Gasteiger partial charge on any atom is -0.496 e. The summed E-state index contributed by atoms with van der Waals surface area (Å²) >= 11 is 0.940. The highest BCUT2D eigenvalue weighted by Crippen LogP contribution is 2.42. The van der Waals surface area contributed by atoms with Crippen molar-refractivity contribution in [1.29, 1.82) is 0 Å². The second-order valence-corrected chi connectivity index (χ2v) is 9.02. The normalized spacial score (nSPS) is 11.0. The molecule has 0 saturated carbocycles. The van der Waals surface area contributed by atoms with Crippen molar-refractivity contribution in [3.05, 3.63) is 69.4 Å². The van der Waals surface area contributed by atoms with Crippen molar-refractivity contribution in [2.75, 3.05) is 27.4 Å². The lowest BCUT2D eigenvalue weighted by atomic mass is 10.2. The molecule has 1 heterocycles. The number of benzene rings is 2. The van der Waals surface area contributed by atoms with Gasteiger partial charge in [-0.15, -0.1) is 11.3 Å². The predicted molar refractivity (Wildman–Crippen MR) is 152 cm³/mol. The van der Waals surface area contributed by atoms with E-state index in [9.17, 15) is 9.59 Å². The molecule has 2 N–H and O–H groups in total. The number of rotatable bonds is 14. The molecule has 10 nitrogen and oxygen atoms in total. The third-order valence-electron chi connectivity index (χ3n) is 5.15. The lowest BCUT2D eigenvalue weighted by Gasteiger charge is -2.10. The zero-order chi connectivity index (χ0) is 28.0. The van der Waals surface area contributed by atoms with E-state index < -0.39 is 11.8 Å². The van der Waals surface area contributed by atoms with E-state index in [-0.39, 0.29) is 21.3 Å². The minimum absolute atomic E-state index is 0.158. The summed E-state index contributed by atoms with van der Waals surface area (Å²) in [4.78, 5) is 26.6. The summed E-state index contributed by atoms with van der Waals surface area (Å²) in [6.07, 6.45) is 4.35. The molecule has 206 valence electrons. The highest BCUT2D eigenvalue weighted by Gasteiger charge is 2.29. The molecule has 3 rings (SSSR count). The Labute approximate surface area is 231 Å². The van der Waals surface area contributed by atoms with Gasteiger partial charge in [-0.1, -0.05) is 38.1 Å². The van der Waals surface area contributed by atoms with Crippen molar-refractivity contribution in [2.45, 2.75) is 26.7 Å². The number of para-hydroxylation sites is 2. The van der Waals surface area contributed by atoms with Crippen molar-refractivity contribution in [2.24, 2.45) is 10.2 Å². The van der Waals surface area contributed by atoms with Gasteiger partial charge in [-0.05, 0) is 37.1 Å². The number of hydrogen-bond acceptors (Lipinski definition) is 9. The molecule has 1 aromatic heterocycles. The number of amides is 2. The Morgan fingerprint density at radius 2 is 1.15 bits per heavy atom. The zero-order valence-electron chi connectivity index (χ0n) is 22.4. The average molecular weight is 553 g/mol. The first-order valence-corrected chi connectivity index (χ1v) is 13.2. The monoisotopic (exact) mass is 552 g/mol. The molecule has 11 heteroatoms. The van der Waals surface area contributed by atoms with Gasteiger partial charge in [0.25, 0.3) is 11.8 Å². The van der Waals surface area contributed by atoms with Crippen molar-refractivity contribution in [3.8, 4) is 23.0 Å². The fourth-order valence-corrected chi connectivity index (χ4v) is 4.31. The van der Waals surface area contributed by atoms with E-state index in [1.54, 1.807) is 38.5 Å². The van der Waals surface area contributed by atoms with Crippen LogP contribution in [0.3, 0.4) is 0 Å². The molecule has 0 bridgehead atoms. The van der Waals surface area contributed by atoms with E-state index in [0.717, 1.165) is 11.3 Å². The van der Waals surface area contributed by atoms with Gasteiger partial charge in [0.1, 0.15) is 21.3 Å². The van der Waals surface area contributed by atoms with E-state index in [4.69, 9.17) is 18.9 Å². The third kappa shape index (κ3) is 7.81. The number of nitrogens with one attached hydrogen (secondary N) is 2. The van der Waals surface area contributed by atoms with Crippen molar-refractivity contribution >= 4 is 35.6 Å². The maximum Gasteiger partial charge on any atom is 0.285 e. The molecule has 0 spiro atoms. The lowest BCUT2D eigenvalue weighted by molar-refractivity contribution is 0.0945. The van der Waals surface area contributed by atoms with E-state index in [0.29, 0.717) is 48.7 Å². The van der Waals surface area contributed by atoms with Crippen LogP contribution in [0.25, 0.3) is 0 Å². The molecule has 0 unspecified atom stereocenters. The Balaban J connectivity index is 1.88. The summed E-state index contributed by atoms with van der Waals surface area (Å²) in [6.45, 7) is 4.54. The fourth-order valence-electron chi connectivity index (χ4n) is 3.34. The van der Waals surface area contributed by atoms with Gasteiger partial charge in [0, 0.05) is 11.1 Å². The van der Waals surface area contributed by atoms with E-state index >= 15 is 0 Å². The quantitative estimate of drug-likeness (QED) is 0.218. The Kier molecular flexibility index (Phi) is 11.3. The van der Waals surface area contributed by atoms with Gasteiger partial charge in [-0.3, -0.25) is 9.59 Å². The summed E-state index contributed by atoms with van der Waals surface area (Å²) < 4.78 is 22.4. The van der Waals surface area contributed by atoms with E-state index in [1.807, 2.05) is 38.1 Å². The first-order valence-electron chi connectivity index (χ1n) is 12.4. The Morgan fingerprint density at radius 3 is 1.54 bits per heavy atom. The number of hydrogen-bond donors (Lipinski definition) is 2. The summed E-state index contributed by atoms with van der Waals surface area (Å²) in [5.74, 6) is 0.520. The summed E-state index contributed by atoms with van der Waals surface area (Å²) in [6, 6.07) is 14.5. The van der Waals surface area contributed by atoms with Gasteiger partial charge in [-0.25, -0.2) is 10.9 Å². The van der Waals surface area contributed by atoms with Crippen LogP contribution < -0.4 is 29.8 Å². The third-order valence-corrected chi connectivity index (χ3v) is 6.30. The maximum absolute atomic E-state index is 13.1. The van der Waals surface area contributed by atoms with Crippen LogP contribution in [0.1, 0.15) is 57.2 Å². The van der Waals surface area contributed by atoms with Crippen LogP contribution in [0.2, 0.25) is 0 Å². The predicted octanol–water partition coefficient (Wildman–Crippen LogP) is 4.87. The van der Waals surface area contributed by atoms with Crippen molar-refractivity contribution in [3.63, 3.8) is 0 Å². The first-order chi connectivity index (χ1) is 19.0. The van der Waals surface area contributed by atoms with Gasteiger partial charge >= 0.3 is 0 Å². The second-order valence-electron chi connectivity index (χ2n) is 8.00. The highest BCUT2D eigenvalue weighted by atomic mass is 32.1. The number of carbonyl (C=O) groups excluding carboxylic acids is 2. The molecule has 39 heavy (non-hydrogen) atoms. The molecule has 0 saturated heterocycles. The number of ether oxygens (including phenoxy) is 4. The number of nitrogens with zero attached hydrogens (tertiary/aromatic N) is 2. The maximum atomic E-state index is 13.1. The molecule has 0 fully saturated rings. The standard InChI is InChI=1S/C28H32N4O6S/c1-5-15-37-23-24(38-16-6-2)26(28(34)32-30-18-20-12-8-10-14-22(20)36-4)39-25(23)27(33)31-29-17-19-11-7-9-13-21(19)35-3/h7-14,17-18H,5-6,15-16H2,1-4H3,(H,31,33)(H,32,34)/b29-17+,30-18+. The van der Waals surface area contributed by atoms with E-state index in [2.05, 4.69) is 21.1 Å². The van der Waals surface area contributed by atoms with Gasteiger partial charge in [0.2, 0.25) is 0 Å². The molecule has 0 aliphatic rings. The summed E-state index contributed by atoms with van der Waals surface area (Å²) in [5, 5.41) is 8.13. The van der Waals surface area contributed by atoms with Crippen LogP contribution in [0.4, 0.5) is 0 Å². The van der Waals surface area contributed by atoms with Crippen LogP contribution in [-0.2, 0) is 0 Å². The SMILES string of the molecule is CCCOc1c(C(=O)N/N=C/c2ccccc2OC)sc(C(=O)N/N=C/c2ccccc2OC)c1OCCC. The number of methoxy groups -OCH3 is 2. The Bertz CT molecular complexity index is 1220. The first kappa shape index (κ1) is 29.2. The molecule has 0 atom stereocenters. The van der Waals surface area contributed by atoms with Gasteiger partial charge in [0.05, 0.1) is 39.9 Å². The molecular weight excluding hydrogens is 520 g/mol. The number of hydrazone groups is 2. The fraction of sp³-hybridized carbons (Fsp3) is 0.286. The van der Waals surface area contributed by atoms with Crippen molar-refractivity contribution in [1.82, 2.24) is 10.9 Å².